The molecule has 21 heavy (non-hydrogen) atoms. The lowest BCUT2D eigenvalue weighted by molar-refractivity contribution is -0.143. The van der Waals surface area contributed by atoms with Crippen LogP contribution in [0.5, 0.6) is 5.75 Å². The number of para-hydroxylation sites is 1. The molecule has 3 N–H and O–H groups in total. The monoisotopic (exact) mass is 288 g/mol. The maximum Gasteiger partial charge on any atom is 0.323 e. The Bertz CT molecular complexity index is 668. The van der Waals surface area contributed by atoms with Gasteiger partial charge in [-0.2, -0.15) is 0 Å². The highest BCUT2D eigenvalue weighted by molar-refractivity contribution is 5.84. The van der Waals surface area contributed by atoms with Crippen molar-refractivity contribution in [2.75, 3.05) is 0 Å². The quantitative estimate of drug-likeness (QED) is 0.883. The number of carboxylic acids is 1. The van der Waals surface area contributed by atoms with Crippen molar-refractivity contribution in [1.82, 2.24) is 4.98 Å². The molecule has 1 aromatic carbocycles. The fourth-order valence-electron chi connectivity index (χ4n) is 2.26. The smallest absolute Gasteiger partial charge is 0.323 e. The number of nitrogens with two attached hydrogens (primary N) is 1. The highest BCUT2D eigenvalue weighted by Gasteiger charge is 2.30. The number of fused-ring (bicyclic) bond motifs is 1. The van der Waals surface area contributed by atoms with Crippen molar-refractivity contribution in [1.29, 1.82) is 0 Å². The Morgan fingerprint density at radius 1 is 1.43 bits per heavy atom. The molecule has 0 amide bonds. The molecule has 0 bridgehead atoms. The van der Waals surface area contributed by atoms with Crippen LogP contribution < -0.4 is 10.5 Å². The average Bonchev–Trinajstić information content (AvgIpc) is 2.38. The normalized spacial score (nSPS) is 15.4. The summed E-state index contributed by atoms with van der Waals surface area (Å²) in [4.78, 5) is 15.6. The molecule has 1 heterocycles. The van der Waals surface area contributed by atoms with Crippen molar-refractivity contribution in [2.24, 2.45) is 5.73 Å². The van der Waals surface area contributed by atoms with Gasteiger partial charge in [0.15, 0.2) is 0 Å². The third-order valence-corrected chi connectivity index (χ3v) is 3.35. The number of aromatic nitrogens is 1. The van der Waals surface area contributed by atoms with Gasteiger partial charge in [0.25, 0.3) is 0 Å². The maximum atomic E-state index is 11.1. The van der Waals surface area contributed by atoms with E-state index in [-0.39, 0.29) is 12.5 Å². The average molecular weight is 288 g/mol. The summed E-state index contributed by atoms with van der Waals surface area (Å²) in [5.41, 5.74) is 6.12. The molecule has 0 saturated heterocycles. The molecule has 0 saturated carbocycles. The van der Waals surface area contributed by atoms with Gasteiger partial charge in [-0.15, -0.1) is 0 Å². The van der Waals surface area contributed by atoms with Crippen molar-refractivity contribution < 1.29 is 14.6 Å². The van der Waals surface area contributed by atoms with E-state index in [1.807, 2.05) is 44.2 Å². The lowest BCUT2D eigenvalue weighted by Crippen LogP contribution is -2.47. The third-order valence-electron chi connectivity index (χ3n) is 3.35. The number of aliphatic carboxylic acids is 1. The molecule has 2 rings (SSSR count). The van der Waals surface area contributed by atoms with Gasteiger partial charge in [0, 0.05) is 17.5 Å². The van der Waals surface area contributed by atoms with Crippen molar-refractivity contribution in [2.45, 2.75) is 38.8 Å². The zero-order valence-electron chi connectivity index (χ0n) is 12.5. The molecule has 0 radical (unpaired) electrons. The number of carbonyl (C=O) groups is 1. The maximum absolute atomic E-state index is 11.1. The number of ether oxygens (including phenoxy) is 1. The van der Waals surface area contributed by atoms with Crippen LogP contribution in [0, 0.1) is 6.92 Å². The Kier molecular flexibility index (Phi) is 4.14. The first-order valence-electron chi connectivity index (χ1n) is 6.85. The Hall–Kier alpha value is -2.14. The second-order valence-electron chi connectivity index (χ2n) is 5.64. The summed E-state index contributed by atoms with van der Waals surface area (Å²) in [6.07, 6.45) is -0.117. The molecule has 0 aliphatic carbocycles. The number of rotatable bonds is 5. The second-order valence-corrected chi connectivity index (χ2v) is 5.64. The van der Waals surface area contributed by atoms with Crippen LogP contribution in [-0.2, 0) is 4.79 Å². The van der Waals surface area contributed by atoms with Gasteiger partial charge in [0.1, 0.15) is 16.8 Å². The highest BCUT2D eigenvalue weighted by Crippen LogP contribution is 2.26. The van der Waals surface area contributed by atoms with Crippen LogP contribution in [0.1, 0.15) is 26.0 Å². The molecule has 112 valence electrons. The predicted molar refractivity (Wildman–Crippen MR) is 81.4 cm³/mol. The number of aryl methyl sites for hydroxylation is 1. The summed E-state index contributed by atoms with van der Waals surface area (Å²) in [7, 11) is 0. The minimum absolute atomic E-state index is 0.213. The fraction of sp³-hybridized carbons (Fsp3) is 0.375. The highest BCUT2D eigenvalue weighted by atomic mass is 16.5. The summed E-state index contributed by atoms with van der Waals surface area (Å²) in [5.74, 6) is -0.394. The van der Waals surface area contributed by atoms with E-state index in [1.165, 1.54) is 6.92 Å². The summed E-state index contributed by atoms with van der Waals surface area (Å²) in [6.45, 7) is 5.21. The van der Waals surface area contributed by atoms with E-state index in [0.717, 1.165) is 16.6 Å². The first-order chi connectivity index (χ1) is 9.79. The van der Waals surface area contributed by atoms with E-state index in [2.05, 4.69) is 4.98 Å². The minimum Gasteiger partial charge on any atom is -0.488 e. The van der Waals surface area contributed by atoms with Gasteiger partial charge in [0.05, 0.1) is 6.10 Å². The minimum atomic E-state index is -1.31. The number of pyridine rings is 1. The molecule has 2 unspecified atom stereocenters. The molecule has 0 aliphatic rings. The molecular formula is C16H20N2O3. The SMILES string of the molecule is Cc1ccc2cccc(OC(C)CC(C)(N)C(=O)O)c2n1. The standard InChI is InChI=1S/C16H20N2O3/c1-10-7-8-12-5-4-6-13(14(12)18-10)21-11(2)9-16(3,17)15(19)20/h4-8,11H,9,17H2,1-3H3,(H,19,20). The van der Waals surface area contributed by atoms with Crippen LogP contribution in [0.2, 0.25) is 0 Å². The zero-order valence-corrected chi connectivity index (χ0v) is 12.5. The van der Waals surface area contributed by atoms with Gasteiger partial charge in [-0.1, -0.05) is 18.2 Å². The summed E-state index contributed by atoms with van der Waals surface area (Å²) in [5, 5.41) is 10.1. The van der Waals surface area contributed by atoms with Crippen molar-refractivity contribution in [3.05, 3.63) is 36.0 Å². The first-order valence-corrected chi connectivity index (χ1v) is 6.85. The molecule has 5 nitrogen and oxygen atoms in total. The Morgan fingerprint density at radius 2 is 2.14 bits per heavy atom. The van der Waals surface area contributed by atoms with Crippen LogP contribution in [0.25, 0.3) is 10.9 Å². The second kappa shape index (κ2) is 5.69. The lowest BCUT2D eigenvalue weighted by atomic mass is 9.96. The van der Waals surface area contributed by atoms with Crippen LogP contribution in [0.4, 0.5) is 0 Å². The summed E-state index contributed by atoms with van der Waals surface area (Å²) in [6, 6.07) is 9.61. The van der Waals surface area contributed by atoms with E-state index < -0.39 is 11.5 Å². The number of nitrogens with zero attached hydrogens (tertiary/aromatic N) is 1. The Balaban J connectivity index is 2.23. The van der Waals surface area contributed by atoms with Gasteiger partial charge < -0.3 is 15.6 Å². The molecule has 2 atom stereocenters. The number of benzene rings is 1. The van der Waals surface area contributed by atoms with Crippen molar-refractivity contribution >= 4 is 16.9 Å². The molecule has 0 spiro atoms. The lowest BCUT2D eigenvalue weighted by Gasteiger charge is -2.24. The van der Waals surface area contributed by atoms with Gasteiger partial charge in [-0.25, -0.2) is 4.98 Å². The third kappa shape index (κ3) is 3.49. The van der Waals surface area contributed by atoms with Gasteiger partial charge in [-0.3, -0.25) is 4.79 Å². The molecular weight excluding hydrogens is 268 g/mol. The van der Waals surface area contributed by atoms with E-state index >= 15 is 0 Å². The summed E-state index contributed by atoms with van der Waals surface area (Å²) >= 11 is 0. The first kappa shape index (κ1) is 15.3. The predicted octanol–water partition coefficient (Wildman–Crippen LogP) is 2.50. The van der Waals surface area contributed by atoms with E-state index in [0.29, 0.717) is 5.75 Å². The van der Waals surface area contributed by atoms with Gasteiger partial charge in [0.2, 0.25) is 0 Å². The Morgan fingerprint density at radius 3 is 2.81 bits per heavy atom. The molecule has 5 heteroatoms. The van der Waals surface area contributed by atoms with Crippen LogP contribution in [0.15, 0.2) is 30.3 Å². The van der Waals surface area contributed by atoms with E-state index in [9.17, 15) is 4.79 Å². The molecule has 0 fully saturated rings. The van der Waals surface area contributed by atoms with Gasteiger partial charge >= 0.3 is 5.97 Å². The van der Waals surface area contributed by atoms with Crippen LogP contribution >= 0.6 is 0 Å². The number of carboxylic acid groups (broad SMARTS) is 1. The van der Waals surface area contributed by atoms with Gasteiger partial charge in [-0.05, 0) is 32.9 Å². The van der Waals surface area contributed by atoms with Crippen LogP contribution in [0.3, 0.4) is 0 Å². The molecule has 1 aromatic heterocycles. The van der Waals surface area contributed by atoms with E-state index in [1.54, 1.807) is 0 Å². The van der Waals surface area contributed by atoms with Crippen molar-refractivity contribution in [3.63, 3.8) is 0 Å². The van der Waals surface area contributed by atoms with Crippen molar-refractivity contribution in [3.8, 4) is 5.75 Å². The number of hydrogen-bond donors (Lipinski definition) is 2. The van der Waals surface area contributed by atoms with E-state index in [4.69, 9.17) is 15.6 Å². The topological polar surface area (TPSA) is 85.4 Å². The zero-order chi connectivity index (χ0) is 15.6. The largest absolute Gasteiger partial charge is 0.488 e. The molecule has 2 aromatic rings. The van der Waals surface area contributed by atoms with Crippen LogP contribution in [-0.4, -0.2) is 27.7 Å². The molecule has 0 aliphatic heterocycles. The Labute approximate surface area is 123 Å². The fourth-order valence-corrected chi connectivity index (χ4v) is 2.26. The summed E-state index contributed by atoms with van der Waals surface area (Å²) < 4.78 is 5.86. The number of hydrogen-bond acceptors (Lipinski definition) is 4.